The maximum atomic E-state index is 12.6. The monoisotopic (exact) mass is 251 g/mol. The molecular formula is C10H9ClF3NO. The zero-order valence-electron chi connectivity index (χ0n) is 8.38. The van der Waals surface area contributed by atoms with Crippen LogP contribution in [0.3, 0.4) is 0 Å². The molecular weight excluding hydrogens is 243 g/mol. The van der Waals surface area contributed by atoms with Crippen LogP contribution >= 0.6 is 11.6 Å². The van der Waals surface area contributed by atoms with Crippen LogP contribution in [0.25, 0.3) is 6.08 Å². The van der Waals surface area contributed by atoms with Crippen molar-refractivity contribution >= 4 is 17.7 Å². The van der Waals surface area contributed by atoms with Gasteiger partial charge >= 0.3 is 6.18 Å². The molecule has 0 aliphatic carbocycles. The van der Waals surface area contributed by atoms with E-state index in [0.717, 1.165) is 12.3 Å². The van der Waals surface area contributed by atoms with Gasteiger partial charge in [0.2, 0.25) is 0 Å². The number of rotatable bonds is 3. The van der Waals surface area contributed by atoms with E-state index in [0.29, 0.717) is 6.61 Å². The maximum absolute atomic E-state index is 12.6. The van der Waals surface area contributed by atoms with Crippen LogP contribution in [0.5, 0.6) is 0 Å². The summed E-state index contributed by atoms with van der Waals surface area (Å²) >= 11 is 5.42. The Balaban J connectivity index is 3.08. The van der Waals surface area contributed by atoms with Crippen molar-refractivity contribution in [2.75, 3.05) is 6.61 Å². The third-order valence-corrected chi connectivity index (χ3v) is 1.92. The lowest BCUT2D eigenvalue weighted by Crippen LogP contribution is -2.07. The number of nitrogens with zero attached hydrogens (tertiary/aromatic N) is 1. The van der Waals surface area contributed by atoms with Crippen LogP contribution < -0.4 is 0 Å². The quantitative estimate of drug-likeness (QED) is 0.603. The van der Waals surface area contributed by atoms with Crippen molar-refractivity contribution in [1.29, 1.82) is 0 Å². The fraction of sp³-hybridized carbons (Fsp3) is 0.300. The summed E-state index contributed by atoms with van der Waals surface area (Å²) in [6, 6.07) is 0.785. The summed E-state index contributed by atoms with van der Waals surface area (Å²) in [5, 5.41) is -0.194. The van der Waals surface area contributed by atoms with E-state index >= 15 is 0 Å². The molecule has 1 rings (SSSR count). The second-order valence-corrected chi connectivity index (χ2v) is 3.24. The summed E-state index contributed by atoms with van der Waals surface area (Å²) < 4.78 is 42.6. The molecule has 88 valence electrons. The number of hydrogen-bond acceptors (Lipinski definition) is 2. The van der Waals surface area contributed by atoms with Gasteiger partial charge in [0.1, 0.15) is 5.15 Å². The number of halogens is 4. The van der Waals surface area contributed by atoms with Gasteiger partial charge in [0.15, 0.2) is 0 Å². The van der Waals surface area contributed by atoms with Crippen LogP contribution in [0, 0.1) is 0 Å². The van der Waals surface area contributed by atoms with Gasteiger partial charge in [0, 0.05) is 11.8 Å². The highest BCUT2D eigenvalue weighted by atomic mass is 35.5. The predicted octanol–water partition coefficient (Wildman–Crippen LogP) is 3.76. The molecule has 0 saturated heterocycles. The molecule has 0 spiro atoms. The summed E-state index contributed by atoms with van der Waals surface area (Å²) in [5.41, 5.74) is -0.909. The van der Waals surface area contributed by atoms with Gasteiger partial charge in [-0.1, -0.05) is 11.6 Å². The molecule has 0 unspecified atom stereocenters. The number of pyridine rings is 1. The molecule has 1 aromatic rings. The molecule has 2 nitrogen and oxygen atoms in total. The highest BCUT2D eigenvalue weighted by molar-refractivity contribution is 6.29. The lowest BCUT2D eigenvalue weighted by molar-refractivity contribution is -0.137. The minimum Gasteiger partial charge on any atom is -0.501 e. The lowest BCUT2D eigenvalue weighted by Gasteiger charge is -2.09. The zero-order chi connectivity index (χ0) is 12.2. The van der Waals surface area contributed by atoms with Crippen LogP contribution in [0.2, 0.25) is 5.15 Å². The first kappa shape index (κ1) is 12.8. The highest BCUT2D eigenvalue weighted by Crippen LogP contribution is 2.33. The first-order valence-corrected chi connectivity index (χ1v) is 4.84. The molecule has 0 saturated carbocycles. The van der Waals surface area contributed by atoms with Gasteiger partial charge < -0.3 is 4.74 Å². The maximum Gasteiger partial charge on any atom is 0.417 e. The molecule has 1 aromatic heterocycles. The molecule has 6 heteroatoms. The largest absolute Gasteiger partial charge is 0.501 e. The zero-order valence-corrected chi connectivity index (χ0v) is 9.14. The highest BCUT2D eigenvalue weighted by Gasteiger charge is 2.33. The predicted molar refractivity (Wildman–Crippen MR) is 54.9 cm³/mol. The van der Waals surface area contributed by atoms with Gasteiger partial charge in [-0.05, 0) is 19.1 Å². The molecule has 0 aromatic carbocycles. The van der Waals surface area contributed by atoms with Crippen LogP contribution in [0.1, 0.15) is 18.1 Å². The number of aromatic nitrogens is 1. The second-order valence-electron chi connectivity index (χ2n) is 2.85. The Morgan fingerprint density at radius 3 is 2.75 bits per heavy atom. The Hall–Kier alpha value is -1.23. The normalized spacial score (nSPS) is 12.1. The van der Waals surface area contributed by atoms with Crippen molar-refractivity contribution in [3.8, 4) is 0 Å². The van der Waals surface area contributed by atoms with E-state index in [-0.39, 0.29) is 10.7 Å². The first-order valence-electron chi connectivity index (χ1n) is 4.46. The molecule has 0 fully saturated rings. The molecule has 0 aliphatic rings. The minimum atomic E-state index is -4.46. The van der Waals surface area contributed by atoms with E-state index in [2.05, 4.69) is 4.98 Å². The standard InChI is InChI=1S/C10H9ClF3NO/c1-2-16-4-3-7-6-15-9(11)5-8(7)10(12,13)14/h3-6H,2H2,1H3. The Labute approximate surface area is 95.7 Å². The minimum absolute atomic E-state index is 0.0784. The summed E-state index contributed by atoms with van der Waals surface area (Å²) in [7, 11) is 0. The number of ether oxygens (including phenoxy) is 1. The van der Waals surface area contributed by atoms with Crippen LogP contribution in [-0.4, -0.2) is 11.6 Å². The van der Waals surface area contributed by atoms with Crippen LogP contribution in [0.15, 0.2) is 18.5 Å². The molecule has 0 radical (unpaired) electrons. The number of hydrogen-bond donors (Lipinski definition) is 0. The van der Waals surface area contributed by atoms with E-state index in [9.17, 15) is 13.2 Å². The van der Waals surface area contributed by atoms with Crippen molar-refractivity contribution in [1.82, 2.24) is 4.98 Å². The molecule has 0 amide bonds. The average molecular weight is 252 g/mol. The van der Waals surface area contributed by atoms with Crippen molar-refractivity contribution in [2.45, 2.75) is 13.1 Å². The van der Waals surface area contributed by atoms with Gasteiger partial charge in [-0.25, -0.2) is 4.98 Å². The van der Waals surface area contributed by atoms with Gasteiger partial charge in [0.25, 0.3) is 0 Å². The fourth-order valence-electron chi connectivity index (χ4n) is 1.04. The molecule has 0 atom stereocenters. The van der Waals surface area contributed by atoms with Gasteiger partial charge in [-0.15, -0.1) is 0 Å². The third-order valence-electron chi connectivity index (χ3n) is 1.72. The SMILES string of the molecule is CCOC=Cc1cnc(Cl)cc1C(F)(F)F. The second kappa shape index (κ2) is 5.21. The summed E-state index contributed by atoms with van der Waals surface area (Å²) in [4.78, 5) is 3.59. The first-order chi connectivity index (χ1) is 7.45. The Bertz CT molecular complexity index is 390. The van der Waals surface area contributed by atoms with Crippen molar-refractivity contribution < 1.29 is 17.9 Å². The lowest BCUT2D eigenvalue weighted by atomic mass is 10.1. The van der Waals surface area contributed by atoms with Gasteiger partial charge in [-0.2, -0.15) is 13.2 Å². The molecule has 0 aliphatic heterocycles. The molecule has 16 heavy (non-hydrogen) atoms. The van der Waals surface area contributed by atoms with Crippen molar-refractivity contribution in [3.05, 3.63) is 34.8 Å². The average Bonchev–Trinajstić information content (AvgIpc) is 2.19. The van der Waals surface area contributed by atoms with Crippen LogP contribution in [0.4, 0.5) is 13.2 Å². The Morgan fingerprint density at radius 1 is 1.50 bits per heavy atom. The Morgan fingerprint density at radius 2 is 2.19 bits per heavy atom. The molecule has 0 bridgehead atoms. The third kappa shape index (κ3) is 3.41. The van der Waals surface area contributed by atoms with E-state index in [1.165, 1.54) is 12.3 Å². The van der Waals surface area contributed by atoms with Gasteiger partial charge in [-0.3, -0.25) is 0 Å². The summed E-state index contributed by atoms with van der Waals surface area (Å²) in [6.07, 6.45) is -1.01. The molecule has 1 heterocycles. The smallest absolute Gasteiger partial charge is 0.417 e. The number of alkyl halides is 3. The molecule has 0 N–H and O–H groups in total. The van der Waals surface area contributed by atoms with E-state index < -0.39 is 11.7 Å². The fourth-order valence-corrected chi connectivity index (χ4v) is 1.19. The van der Waals surface area contributed by atoms with E-state index in [1.807, 2.05) is 0 Å². The van der Waals surface area contributed by atoms with E-state index in [4.69, 9.17) is 16.3 Å². The van der Waals surface area contributed by atoms with Gasteiger partial charge in [0.05, 0.1) is 18.4 Å². The van der Waals surface area contributed by atoms with Crippen molar-refractivity contribution in [2.24, 2.45) is 0 Å². The topological polar surface area (TPSA) is 22.1 Å². The van der Waals surface area contributed by atoms with E-state index in [1.54, 1.807) is 6.92 Å². The Kier molecular flexibility index (Phi) is 4.18. The summed E-state index contributed by atoms with van der Waals surface area (Å²) in [5.74, 6) is 0. The van der Waals surface area contributed by atoms with Crippen molar-refractivity contribution in [3.63, 3.8) is 0 Å². The van der Waals surface area contributed by atoms with Crippen LogP contribution in [-0.2, 0) is 10.9 Å². The summed E-state index contributed by atoms with van der Waals surface area (Å²) in [6.45, 7) is 2.12.